The van der Waals surface area contributed by atoms with Crippen LogP contribution in [0.1, 0.15) is 33.0 Å². The number of ketones is 1. The van der Waals surface area contributed by atoms with Crippen LogP contribution in [-0.4, -0.2) is 20.7 Å². The molecule has 0 bridgehead atoms. The molecule has 3 rings (SSSR count). The van der Waals surface area contributed by atoms with Crippen LogP contribution in [-0.2, 0) is 0 Å². The van der Waals surface area contributed by atoms with E-state index in [1.165, 1.54) is 15.6 Å². The fourth-order valence-corrected chi connectivity index (χ4v) is 4.95. The van der Waals surface area contributed by atoms with E-state index >= 15 is 0 Å². The topological polar surface area (TPSA) is 17.1 Å². The first kappa shape index (κ1) is 17.7. The Kier molecular flexibility index (Phi) is 5.86. The summed E-state index contributed by atoms with van der Waals surface area (Å²) in [6, 6.07) is 26.8. The molecule has 0 saturated heterocycles. The summed E-state index contributed by atoms with van der Waals surface area (Å²) in [5.41, 5.74) is 4.32. The summed E-state index contributed by atoms with van der Waals surface area (Å²) in [5, 5.41) is 0.882. The fourth-order valence-electron chi connectivity index (χ4n) is 2.74. The van der Waals surface area contributed by atoms with Crippen LogP contribution in [0, 0.1) is 13.8 Å². The van der Waals surface area contributed by atoms with Gasteiger partial charge in [-0.15, -0.1) is 0 Å². The van der Waals surface area contributed by atoms with Crippen molar-refractivity contribution in [1.29, 1.82) is 0 Å². The average molecular weight is 393 g/mol. The van der Waals surface area contributed by atoms with Gasteiger partial charge in [0, 0.05) is 0 Å². The molecule has 0 aromatic heterocycles. The summed E-state index contributed by atoms with van der Waals surface area (Å²) in [4.78, 5) is 13.2. The average Bonchev–Trinajstić information content (AvgIpc) is 2.64. The first-order valence-corrected chi connectivity index (χ1v) is 10.6. The molecule has 0 aliphatic heterocycles. The van der Waals surface area contributed by atoms with Crippen molar-refractivity contribution in [3.63, 3.8) is 0 Å². The monoisotopic (exact) mass is 394 g/mol. The number of aryl methyl sites for hydroxylation is 2. The molecule has 0 heterocycles. The molecule has 0 radical (unpaired) electrons. The number of benzene rings is 3. The van der Waals surface area contributed by atoms with Crippen LogP contribution in [0.25, 0.3) is 0 Å². The zero-order valence-electron chi connectivity index (χ0n) is 14.6. The molecule has 126 valence electrons. The second-order valence-electron chi connectivity index (χ2n) is 6.32. The molecule has 0 aliphatic rings. The number of carbonyl (C=O) groups excluding carboxylic acids is 1. The molecular formula is C23H22OSe. The molecule has 1 atom stereocenters. The van der Waals surface area contributed by atoms with Gasteiger partial charge in [0.25, 0.3) is 0 Å². The van der Waals surface area contributed by atoms with Gasteiger partial charge in [0.05, 0.1) is 0 Å². The van der Waals surface area contributed by atoms with Gasteiger partial charge in [0.1, 0.15) is 0 Å². The van der Waals surface area contributed by atoms with Gasteiger partial charge in [0.2, 0.25) is 0 Å². The predicted octanol–water partition coefficient (Wildman–Crippen LogP) is 4.72. The van der Waals surface area contributed by atoms with Gasteiger partial charge < -0.3 is 0 Å². The summed E-state index contributed by atoms with van der Waals surface area (Å²) in [6.45, 7) is 4.12. The molecule has 2 heteroatoms. The number of hydrogen-bond donors (Lipinski definition) is 0. The zero-order valence-corrected chi connectivity index (χ0v) is 16.3. The third-order valence-electron chi connectivity index (χ3n) is 4.29. The van der Waals surface area contributed by atoms with Gasteiger partial charge in [-0.3, -0.25) is 0 Å². The Balaban J connectivity index is 1.86. The molecule has 0 N–H and O–H groups in total. The van der Waals surface area contributed by atoms with E-state index in [1.807, 2.05) is 37.3 Å². The van der Waals surface area contributed by atoms with E-state index < -0.39 is 0 Å². The van der Waals surface area contributed by atoms with Gasteiger partial charge in [0.15, 0.2) is 0 Å². The van der Waals surface area contributed by atoms with E-state index in [1.54, 1.807) is 0 Å². The summed E-state index contributed by atoms with van der Waals surface area (Å²) in [7, 11) is 0. The van der Waals surface area contributed by atoms with Crippen molar-refractivity contribution >= 4 is 25.2 Å². The summed E-state index contributed by atoms with van der Waals surface area (Å²) >= 11 is 0.275. The second kappa shape index (κ2) is 8.29. The fraction of sp³-hybridized carbons (Fsp3) is 0.174. The van der Waals surface area contributed by atoms with Gasteiger partial charge in [-0.25, -0.2) is 0 Å². The van der Waals surface area contributed by atoms with Gasteiger partial charge >= 0.3 is 156 Å². The summed E-state index contributed by atoms with van der Waals surface area (Å²) in [6.07, 6.45) is 0. The Morgan fingerprint density at radius 2 is 1.36 bits per heavy atom. The third kappa shape index (κ3) is 4.69. The van der Waals surface area contributed by atoms with Gasteiger partial charge in [-0.1, -0.05) is 0 Å². The van der Waals surface area contributed by atoms with Crippen molar-refractivity contribution < 1.29 is 4.79 Å². The van der Waals surface area contributed by atoms with Crippen LogP contribution < -0.4 is 4.46 Å². The molecule has 0 fully saturated rings. The first-order chi connectivity index (χ1) is 12.1. The standard InChI is InChI=1S/C23H22OSe/c1-17-8-12-19(13-9-17)22(16-25-21-6-4-3-5-7-21)23(24)20-14-10-18(2)11-15-20/h3-15,22H,16H2,1-2H3. The normalized spacial score (nSPS) is 11.9. The molecule has 0 saturated carbocycles. The Hall–Kier alpha value is -2.15. The number of Topliss-reactive ketones (excluding diaryl/α,β-unsaturated/α-hetero) is 1. The van der Waals surface area contributed by atoms with Crippen LogP contribution in [0.5, 0.6) is 0 Å². The molecule has 3 aromatic rings. The van der Waals surface area contributed by atoms with Crippen molar-refractivity contribution in [2.24, 2.45) is 0 Å². The number of carbonyl (C=O) groups is 1. The van der Waals surface area contributed by atoms with Crippen molar-refractivity contribution in [3.05, 3.63) is 101 Å². The molecule has 1 unspecified atom stereocenters. The van der Waals surface area contributed by atoms with E-state index in [2.05, 4.69) is 55.5 Å². The molecule has 0 spiro atoms. The predicted molar refractivity (Wildman–Crippen MR) is 106 cm³/mol. The van der Waals surface area contributed by atoms with E-state index in [-0.39, 0.29) is 26.7 Å². The maximum absolute atomic E-state index is 13.2. The maximum atomic E-state index is 13.2. The van der Waals surface area contributed by atoms with Crippen LogP contribution >= 0.6 is 0 Å². The van der Waals surface area contributed by atoms with E-state index in [0.717, 1.165) is 16.4 Å². The Morgan fingerprint density at radius 1 is 0.800 bits per heavy atom. The molecule has 3 aromatic carbocycles. The van der Waals surface area contributed by atoms with E-state index in [4.69, 9.17) is 0 Å². The Bertz CT molecular complexity index is 820. The Labute approximate surface area is 156 Å². The van der Waals surface area contributed by atoms with Crippen molar-refractivity contribution in [2.45, 2.75) is 25.1 Å². The van der Waals surface area contributed by atoms with Gasteiger partial charge in [-0.05, 0) is 0 Å². The number of hydrogen-bond acceptors (Lipinski definition) is 1. The first-order valence-electron chi connectivity index (χ1n) is 8.49. The van der Waals surface area contributed by atoms with Crippen LogP contribution in [0.15, 0.2) is 78.9 Å². The van der Waals surface area contributed by atoms with Crippen LogP contribution in [0.2, 0.25) is 5.32 Å². The minimum atomic E-state index is -0.0801. The SMILES string of the molecule is Cc1ccc(C(=O)C(C[Se]c2ccccc2)c2ccc(C)cc2)cc1. The van der Waals surface area contributed by atoms with Crippen molar-refractivity contribution in [3.8, 4) is 0 Å². The van der Waals surface area contributed by atoms with Crippen molar-refractivity contribution in [1.82, 2.24) is 0 Å². The van der Waals surface area contributed by atoms with Crippen LogP contribution in [0.4, 0.5) is 0 Å². The minimum absolute atomic E-state index is 0.0801. The number of rotatable bonds is 6. The molecule has 1 nitrogen and oxygen atoms in total. The second-order valence-corrected chi connectivity index (χ2v) is 8.61. The zero-order chi connectivity index (χ0) is 17.6. The quantitative estimate of drug-likeness (QED) is 0.438. The van der Waals surface area contributed by atoms with Gasteiger partial charge in [-0.2, -0.15) is 0 Å². The molecule has 0 aliphatic carbocycles. The summed E-state index contributed by atoms with van der Waals surface area (Å²) < 4.78 is 1.34. The van der Waals surface area contributed by atoms with Crippen molar-refractivity contribution in [2.75, 3.05) is 0 Å². The Morgan fingerprint density at radius 3 is 1.96 bits per heavy atom. The summed E-state index contributed by atoms with van der Waals surface area (Å²) in [5.74, 6) is 0.144. The molecule has 25 heavy (non-hydrogen) atoms. The third-order valence-corrected chi connectivity index (χ3v) is 6.61. The molecular weight excluding hydrogens is 371 g/mol. The van der Waals surface area contributed by atoms with E-state index in [0.29, 0.717) is 0 Å². The van der Waals surface area contributed by atoms with Crippen LogP contribution in [0.3, 0.4) is 0 Å². The van der Waals surface area contributed by atoms with E-state index in [9.17, 15) is 4.79 Å². The molecule has 0 amide bonds.